The van der Waals surface area contributed by atoms with Crippen LogP contribution in [0.3, 0.4) is 0 Å². The topological polar surface area (TPSA) is 169 Å². The van der Waals surface area contributed by atoms with Gasteiger partial charge in [-0.05, 0) is 39.2 Å². The van der Waals surface area contributed by atoms with Crippen LogP contribution in [0, 0.1) is 0 Å². The summed E-state index contributed by atoms with van der Waals surface area (Å²) in [5.41, 5.74) is -2.47. The maximum Gasteiger partial charge on any atom is 0.331 e. The van der Waals surface area contributed by atoms with Gasteiger partial charge in [0.05, 0.1) is 30.8 Å². The molecule has 1 spiro atoms. The van der Waals surface area contributed by atoms with Crippen molar-refractivity contribution in [3.63, 3.8) is 0 Å². The number of rotatable bonds is 11. The summed E-state index contributed by atoms with van der Waals surface area (Å²) < 4.78 is 28.6. The third kappa shape index (κ3) is 7.75. The van der Waals surface area contributed by atoms with E-state index in [2.05, 4.69) is 0 Å². The predicted octanol–water partition coefficient (Wildman–Crippen LogP) is 3.35. The summed E-state index contributed by atoms with van der Waals surface area (Å²) >= 11 is 0. The van der Waals surface area contributed by atoms with Crippen LogP contribution >= 0.6 is 0 Å². The molecule has 0 amide bonds. The van der Waals surface area contributed by atoms with Crippen molar-refractivity contribution in [2.45, 2.75) is 95.9 Å². The van der Waals surface area contributed by atoms with Crippen molar-refractivity contribution in [2.75, 3.05) is 0 Å². The minimum atomic E-state index is -2.18. The van der Waals surface area contributed by atoms with E-state index in [4.69, 9.17) is 28.8 Å². The van der Waals surface area contributed by atoms with Crippen LogP contribution in [0.15, 0.2) is 59.9 Å². The normalized spacial score (nSPS) is 28.8. The van der Waals surface area contributed by atoms with Crippen LogP contribution in [0.1, 0.15) is 66.2 Å². The smallest absolute Gasteiger partial charge is 0.331 e. The van der Waals surface area contributed by atoms with E-state index in [1.807, 2.05) is 19.1 Å². The molecule has 2 heterocycles. The Morgan fingerprint density at radius 1 is 1.07 bits per heavy atom. The third-order valence-electron chi connectivity index (χ3n) is 6.98. The van der Waals surface area contributed by atoms with Crippen molar-refractivity contribution < 1.29 is 57.6 Å². The number of carbonyl (C=O) groups excluding carboxylic acids is 5. The van der Waals surface area contributed by atoms with Crippen molar-refractivity contribution in [3.05, 3.63) is 59.9 Å². The first-order valence-corrected chi connectivity index (χ1v) is 14.0. The van der Waals surface area contributed by atoms with E-state index in [1.165, 1.54) is 6.08 Å². The number of hydrogen-bond acceptors (Lipinski definition) is 11. The van der Waals surface area contributed by atoms with Gasteiger partial charge in [0.2, 0.25) is 17.2 Å². The molecule has 0 aromatic rings. The van der Waals surface area contributed by atoms with Gasteiger partial charge in [-0.2, -0.15) is 0 Å². The first-order valence-electron chi connectivity index (χ1n) is 14.0. The van der Waals surface area contributed by atoms with Crippen molar-refractivity contribution >= 4 is 35.4 Å². The second kappa shape index (κ2) is 14.2. The highest BCUT2D eigenvalue weighted by atomic mass is 16.7. The number of ketones is 2. The average molecular weight is 601 g/mol. The third-order valence-corrected chi connectivity index (χ3v) is 6.98. The van der Waals surface area contributed by atoms with Gasteiger partial charge in [-0.1, -0.05) is 43.7 Å². The average Bonchev–Trinajstić information content (AvgIpc) is 2.93. The molecule has 0 aromatic carbocycles. The molecule has 0 saturated carbocycles. The number of Topliss-reactive ketones (excluding diaryl/α,β-unsaturated/α-hetero) is 1. The number of carbonyl (C=O) groups is 6. The summed E-state index contributed by atoms with van der Waals surface area (Å²) in [6.07, 6.45) is 9.93. The fourth-order valence-corrected chi connectivity index (χ4v) is 4.85. The lowest BCUT2D eigenvalue weighted by atomic mass is 9.75. The van der Waals surface area contributed by atoms with Gasteiger partial charge in [-0.25, -0.2) is 4.79 Å². The summed E-state index contributed by atoms with van der Waals surface area (Å²) in [6.45, 7) is 5.96. The Labute approximate surface area is 249 Å². The molecule has 12 heteroatoms. The molecule has 3 aliphatic rings. The van der Waals surface area contributed by atoms with E-state index < -0.39 is 78.0 Å². The van der Waals surface area contributed by atoms with Crippen molar-refractivity contribution in [1.82, 2.24) is 0 Å². The standard InChI is InChI=1S/C31H36O12/c1-5-6-7-8-9-10-11-12-26(36)41-29-21-17-23(33)30(4,43-20(3)32)28(38)22(21)18-39-31(29)24(14-13-19(2)42-31)40-27(37)16-15-25(34)35/h7-12,17-19,24,29H,5-6,13-16H2,1-4H3,(H,34,35)/b8-7+,10-9+,12-11+/t19?,24-,29+,30?,31+/m1/s1. The first-order chi connectivity index (χ1) is 20.3. The molecule has 5 atom stereocenters. The zero-order valence-corrected chi connectivity index (χ0v) is 24.5. The van der Waals surface area contributed by atoms with Crippen molar-refractivity contribution in [1.29, 1.82) is 0 Å². The fourth-order valence-electron chi connectivity index (χ4n) is 4.85. The maximum absolute atomic E-state index is 13.5. The van der Waals surface area contributed by atoms with Crippen LogP contribution < -0.4 is 0 Å². The van der Waals surface area contributed by atoms with Crippen LogP contribution in [0.2, 0.25) is 0 Å². The summed E-state index contributed by atoms with van der Waals surface area (Å²) in [5.74, 6) is -7.62. The predicted molar refractivity (Wildman–Crippen MR) is 149 cm³/mol. The summed E-state index contributed by atoms with van der Waals surface area (Å²) in [6, 6.07) is 0. The van der Waals surface area contributed by atoms with E-state index in [1.54, 1.807) is 19.1 Å². The molecule has 1 saturated heterocycles. The van der Waals surface area contributed by atoms with Crippen molar-refractivity contribution in [2.24, 2.45) is 0 Å². The van der Waals surface area contributed by atoms with Crippen LogP contribution in [0.4, 0.5) is 0 Å². The minimum Gasteiger partial charge on any atom is -0.481 e. The molecular weight excluding hydrogens is 564 g/mol. The van der Waals surface area contributed by atoms with Gasteiger partial charge in [0.25, 0.3) is 5.79 Å². The summed E-state index contributed by atoms with van der Waals surface area (Å²) in [5, 5.41) is 8.96. The number of hydrogen-bond donors (Lipinski definition) is 1. The number of unbranched alkanes of at least 4 members (excludes halogenated alkanes) is 1. The van der Waals surface area contributed by atoms with Gasteiger partial charge < -0.3 is 28.8 Å². The Kier molecular flexibility index (Phi) is 11.0. The van der Waals surface area contributed by atoms with Gasteiger partial charge in [-0.15, -0.1) is 0 Å². The van der Waals surface area contributed by atoms with E-state index in [9.17, 15) is 28.8 Å². The zero-order valence-electron chi connectivity index (χ0n) is 24.5. The zero-order chi connectivity index (χ0) is 31.8. The van der Waals surface area contributed by atoms with Crippen LogP contribution in [-0.2, 0) is 52.5 Å². The Balaban J connectivity index is 2.03. The number of ether oxygens (including phenoxy) is 5. The Morgan fingerprint density at radius 3 is 2.47 bits per heavy atom. The molecule has 12 nitrogen and oxygen atoms in total. The highest BCUT2D eigenvalue weighted by Gasteiger charge is 2.63. The molecule has 1 aliphatic carbocycles. The van der Waals surface area contributed by atoms with Gasteiger partial charge >= 0.3 is 23.9 Å². The SMILES string of the molecule is CCC/C=C/C=C/C=C/C(=O)O[C@H]1C2=CC(=O)C(C)(OC(C)=O)C(=O)C2=CO[C@@]12OC(C)CC[C@H]2OC(=O)CCC(=O)O. The lowest BCUT2D eigenvalue weighted by Gasteiger charge is -2.50. The monoisotopic (exact) mass is 600 g/mol. The molecule has 0 aromatic heterocycles. The Hall–Kier alpha value is -4.32. The molecule has 232 valence electrons. The van der Waals surface area contributed by atoms with E-state index >= 15 is 0 Å². The molecular formula is C31H36O12. The van der Waals surface area contributed by atoms with Gasteiger partial charge in [0.15, 0.2) is 12.2 Å². The lowest BCUT2D eigenvalue weighted by molar-refractivity contribution is -0.333. The molecule has 3 rings (SSSR count). The molecule has 1 N–H and O–H groups in total. The van der Waals surface area contributed by atoms with E-state index in [-0.39, 0.29) is 17.6 Å². The number of carboxylic acids is 1. The Bertz CT molecular complexity index is 1300. The van der Waals surface area contributed by atoms with E-state index in [0.717, 1.165) is 45.1 Å². The molecule has 2 aliphatic heterocycles. The van der Waals surface area contributed by atoms with Crippen LogP contribution in [-0.4, -0.2) is 70.3 Å². The highest BCUT2D eigenvalue weighted by Crippen LogP contribution is 2.46. The first kappa shape index (κ1) is 33.2. The fraction of sp³-hybridized carbons (Fsp3) is 0.484. The summed E-state index contributed by atoms with van der Waals surface area (Å²) in [4.78, 5) is 75.0. The molecule has 0 bridgehead atoms. The second-order valence-corrected chi connectivity index (χ2v) is 10.4. The van der Waals surface area contributed by atoms with Crippen LogP contribution in [0.25, 0.3) is 0 Å². The molecule has 43 heavy (non-hydrogen) atoms. The number of carboxylic acid groups (broad SMARTS) is 1. The quantitative estimate of drug-likeness (QED) is 0.121. The van der Waals surface area contributed by atoms with Gasteiger partial charge in [0, 0.05) is 18.6 Å². The number of esters is 3. The molecule has 2 unspecified atom stereocenters. The Morgan fingerprint density at radius 2 is 1.79 bits per heavy atom. The maximum atomic E-state index is 13.5. The minimum absolute atomic E-state index is 0.0913. The second-order valence-electron chi connectivity index (χ2n) is 10.4. The molecule has 0 radical (unpaired) electrons. The lowest BCUT2D eigenvalue weighted by Crippen LogP contribution is -2.65. The van der Waals surface area contributed by atoms with Crippen molar-refractivity contribution in [3.8, 4) is 0 Å². The van der Waals surface area contributed by atoms with Gasteiger partial charge in [0.1, 0.15) is 0 Å². The highest BCUT2D eigenvalue weighted by molar-refractivity contribution is 6.26. The number of allylic oxidation sites excluding steroid dienone is 5. The summed E-state index contributed by atoms with van der Waals surface area (Å²) in [7, 11) is 0. The number of fused-ring (bicyclic) bond motifs is 1. The molecule has 1 fully saturated rings. The van der Waals surface area contributed by atoms with Crippen LogP contribution in [0.5, 0.6) is 0 Å². The number of aliphatic carboxylic acids is 1. The van der Waals surface area contributed by atoms with E-state index in [0.29, 0.717) is 6.42 Å². The van der Waals surface area contributed by atoms with Gasteiger partial charge in [-0.3, -0.25) is 24.0 Å². The largest absolute Gasteiger partial charge is 0.481 e.